The summed E-state index contributed by atoms with van der Waals surface area (Å²) in [7, 11) is 0. The fourth-order valence-electron chi connectivity index (χ4n) is 4.14. The molecule has 3 heterocycles. The van der Waals surface area contributed by atoms with Crippen molar-refractivity contribution in [3.63, 3.8) is 0 Å². The lowest BCUT2D eigenvalue weighted by Crippen LogP contribution is -2.49. The Balaban J connectivity index is 1.22. The van der Waals surface area contributed by atoms with E-state index in [-0.39, 0.29) is 11.7 Å². The first-order valence-corrected chi connectivity index (χ1v) is 11.1. The number of carbonyl (C=O) groups is 1. The van der Waals surface area contributed by atoms with Gasteiger partial charge in [0.25, 0.3) is 0 Å². The van der Waals surface area contributed by atoms with Crippen molar-refractivity contribution in [2.75, 3.05) is 31.1 Å². The Morgan fingerprint density at radius 1 is 0.939 bits per heavy atom. The van der Waals surface area contributed by atoms with E-state index in [0.29, 0.717) is 55.3 Å². The molecule has 4 aromatic rings. The van der Waals surface area contributed by atoms with Gasteiger partial charge in [0.2, 0.25) is 5.91 Å². The van der Waals surface area contributed by atoms with Crippen LogP contribution in [0.3, 0.4) is 0 Å². The maximum atomic E-state index is 13.3. The number of aromatic nitrogens is 5. The largest absolute Gasteiger partial charge is 0.351 e. The maximum Gasteiger partial charge on any atom is 0.222 e. The quantitative estimate of drug-likeness (QED) is 0.454. The number of anilines is 1. The van der Waals surface area contributed by atoms with Crippen LogP contribution in [-0.2, 0) is 11.2 Å². The molecule has 1 aliphatic heterocycles. The molecule has 1 amide bonds. The monoisotopic (exact) mass is 445 g/mol. The van der Waals surface area contributed by atoms with Gasteiger partial charge >= 0.3 is 0 Å². The van der Waals surface area contributed by atoms with Crippen LogP contribution in [0.4, 0.5) is 10.2 Å². The molecule has 9 heteroatoms. The number of fused-ring (bicyclic) bond motifs is 1. The molecule has 0 saturated carbocycles. The smallest absolute Gasteiger partial charge is 0.222 e. The van der Waals surface area contributed by atoms with E-state index in [1.807, 2.05) is 23.1 Å². The number of nitrogens with zero attached hydrogens (tertiary/aromatic N) is 7. The number of hydrogen-bond donors (Lipinski definition) is 0. The number of hydrogen-bond acceptors (Lipinski definition) is 6. The van der Waals surface area contributed by atoms with Crippen molar-refractivity contribution < 1.29 is 9.18 Å². The molecule has 2 aromatic carbocycles. The zero-order valence-corrected chi connectivity index (χ0v) is 18.1. The summed E-state index contributed by atoms with van der Waals surface area (Å²) in [6.45, 7) is 2.61. The van der Waals surface area contributed by atoms with Gasteiger partial charge in [-0.3, -0.25) is 4.79 Å². The second-order valence-corrected chi connectivity index (χ2v) is 8.05. The summed E-state index contributed by atoms with van der Waals surface area (Å²) in [5.74, 6) is 0.580. The molecule has 168 valence electrons. The average molecular weight is 446 g/mol. The molecule has 1 saturated heterocycles. The Morgan fingerprint density at radius 3 is 2.45 bits per heavy atom. The van der Waals surface area contributed by atoms with Crippen molar-refractivity contribution in [1.82, 2.24) is 29.9 Å². The molecule has 2 aromatic heterocycles. The van der Waals surface area contributed by atoms with E-state index in [4.69, 9.17) is 0 Å². The Bertz CT molecular complexity index is 1230. The summed E-state index contributed by atoms with van der Waals surface area (Å²) in [4.78, 5) is 25.5. The predicted octanol–water partition coefficient (Wildman–Crippen LogP) is 3.02. The Hall–Kier alpha value is -3.88. The van der Waals surface area contributed by atoms with Crippen molar-refractivity contribution >= 4 is 22.9 Å². The molecule has 0 unspecified atom stereocenters. The molecule has 33 heavy (non-hydrogen) atoms. The van der Waals surface area contributed by atoms with Crippen molar-refractivity contribution in [3.8, 4) is 5.69 Å². The first-order chi connectivity index (χ1) is 16.2. The van der Waals surface area contributed by atoms with Crippen LogP contribution in [0.2, 0.25) is 0 Å². The Labute approximate surface area is 190 Å². The van der Waals surface area contributed by atoms with E-state index >= 15 is 0 Å². The summed E-state index contributed by atoms with van der Waals surface area (Å²) >= 11 is 0. The number of aryl methyl sites for hydroxylation is 1. The highest BCUT2D eigenvalue weighted by molar-refractivity contribution is 5.84. The lowest BCUT2D eigenvalue weighted by atomic mass is 10.1. The van der Waals surface area contributed by atoms with Gasteiger partial charge in [0.05, 0.1) is 5.69 Å². The van der Waals surface area contributed by atoms with Crippen LogP contribution in [0, 0.1) is 5.82 Å². The van der Waals surface area contributed by atoms with Crippen LogP contribution in [0.15, 0.2) is 60.9 Å². The van der Waals surface area contributed by atoms with Gasteiger partial charge in [0.15, 0.2) is 17.0 Å². The highest BCUT2D eigenvalue weighted by Gasteiger charge is 2.24. The molecule has 5 rings (SSSR count). The second kappa shape index (κ2) is 9.32. The summed E-state index contributed by atoms with van der Waals surface area (Å²) in [5.41, 5.74) is 3.08. The van der Waals surface area contributed by atoms with Crippen LogP contribution < -0.4 is 4.90 Å². The number of benzene rings is 2. The zero-order chi connectivity index (χ0) is 22.6. The van der Waals surface area contributed by atoms with E-state index in [2.05, 4.69) is 37.3 Å². The fraction of sp³-hybridized carbons (Fsp3) is 0.292. The van der Waals surface area contributed by atoms with E-state index in [1.165, 1.54) is 24.0 Å². The summed E-state index contributed by atoms with van der Waals surface area (Å²) < 4.78 is 14.9. The topological polar surface area (TPSA) is 80.0 Å². The molecule has 1 fully saturated rings. The molecular weight excluding hydrogens is 421 g/mol. The van der Waals surface area contributed by atoms with Gasteiger partial charge in [-0.25, -0.2) is 14.4 Å². The van der Waals surface area contributed by atoms with Crippen LogP contribution in [-0.4, -0.2) is 61.9 Å². The predicted molar refractivity (Wildman–Crippen MR) is 123 cm³/mol. The van der Waals surface area contributed by atoms with Crippen LogP contribution in [0.25, 0.3) is 16.9 Å². The second-order valence-electron chi connectivity index (χ2n) is 8.05. The summed E-state index contributed by atoms with van der Waals surface area (Å²) in [5, 5.41) is 8.49. The number of rotatable bonds is 6. The van der Waals surface area contributed by atoms with E-state index in [0.717, 1.165) is 12.8 Å². The van der Waals surface area contributed by atoms with Gasteiger partial charge in [-0.2, -0.15) is 4.68 Å². The summed E-state index contributed by atoms with van der Waals surface area (Å²) in [6, 6.07) is 16.3. The van der Waals surface area contributed by atoms with Crippen molar-refractivity contribution in [2.24, 2.45) is 0 Å². The standard InChI is InChI=1S/C24H24FN7O/c25-19-9-11-20(12-10-19)32-24-22(28-29-32)23(26-17-27-24)31-15-13-30(14-16-31)21(33)8-4-7-18-5-2-1-3-6-18/h1-3,5-6,9-12,17H,4,7-8,13-16H2. The number of halogens is 1. The lowest BCUT2D eigenvalue weighted by Gasteiger charge is -2.35. The van der Waals surface area contributed by atoms with Crippen LogP contribution in [0.1, 0.15) is 18.4 Å². The van der Waals surface area contributed by atoms with Crippen molar-refractivity contribution in [2.45, 2.75) is 19.3 Å². The Kier molecular flexibility index (Phi) is 5.93. The zero-order valence-electron chi connectivity index (χ0n) is 18.1. The van der Waals surface area contributed by atoms with Crippen molar-refractivity contribution in [1.29, 1.82) is 0 Å². The molecule has 0 atom stereocenters. The first-order valence-electron chi connectivity index (χ1n) is 11.1. The fourth-order valence-corrected chi connectivity index (χ4v) is 4.14. The van der Waals surface area contributed by atoms with E-state index in [1.54, 1.807) is 16.8 Å². The highest BCUT2D eigenvalue weighted by atomic mass is 19.1. The molecule has 0 aliphatic carbocycles. The van der Waals surface area contributed by atoms with E-state index < -0.39 is 0 Å². The van der Waals surface area contributed by atoms with Gasteiger partial charge in [-0.1, -0.05) is 35.5 Å². The van der Waals surface area contributed by atoms with Gasteiger partial charge < -0.3 is 9.80 Å². The SMILES string of the molecule is O=C(CCCc1ccccc1)N1CCN(c2ncnc3c2nnn3-c2ccc(F)cc2)CC1. The number of carbonyl (C=O) groups excluding carboxylic acids is 1. The Morgan fingerprint density at radius 2 is 1.70 bits per heavy atom. The molecule has 0 spiro atoms. The van der Waals surface area contributed by atoms with Gasteiger partial charge in [-0.05, 0) is 42.7 Å². The molecule has 8 nitrogen and oxygen atoms in total. The highest BCUT2D eigenvalue weighted by Crippen LogP contribution is 2.24. The third-order valence-electron chi connectivity index (χ3n) is 5.92. The lowest BCUT2D eigenvalue weighted by molar-refractivity contribution is -0.131. The van der Waals surface area contributed by atoms with Gasteiger partial charge in [0, 0.05) is 32.6 Å². The minimum atomic E-state index is -0.314. The molecule has 0 radical (unpaired) electrons. The van der Waals surface area contributed by atoms with Gasteiger partial charge in [0.1, 0.15) is 12.1 Å². The van der Waals surface area contributed by atoms with Crippen LogP contribution >= 0.6 is 0 Å². The first kappa shape index (κ1) is 21.0. The molecule has 0 N–H and O–H groups in total. The van der Waals surface area contributed by atoms with Gasteiger partial charge in [-0.15, -0.1) is 5.10 Å². The number of piperazine rings is 1. The average Bonchev–Trinajstić information content (AvgIpc) is 3.30. The van der Waals surface area contributed by atoms with Crippen molar-refractivity contribution in [3.05, 3.63) is 72.3 Å². The third-order valence-corrected chi connectivity index (χ3v) is 5.92. The van der Waals surface area contributed by atoms with E-state index in [9.17, 15) is 9.18 Å². The molecule has 0 bridgehead atoms. The molecule has 1 aliphatic rings. The third kappa shape index (κ3) is 4.52. The van der Waals surface area contributed by atoms with Crippen LogP contribution in [0.5, 0.6) is 0 Å². The summed E-state index contributed by atoms with van der Waals surface area (Å²) in [6.07, 6.45) is 3.80. The maximum absolute atomic E-state index is 13.3. The minimum absolute atomic E-state index is 0.195. The normalized spacial score (nSPS) is 14.1. The minimum Gasteiger partial charge on any atom is -0.351 e. The number of amides is 1. The molecular formula is C24H24FN7O.